The zero-order chi connectivity index (χ0) is 5.15. The fraction of sp³-hybridized carbons (Fsp3) is 0. The van der Waals surface area contributed by atoms with Crippen molar-refractivity contribution in [2.24, 2.45) is 0 Å². The Morgan fingerprint density at radius 1 is 1.12 bits per heavy atom. The van der Waals surface area contributed by atoms with Gasteiger partial charge in [0, 0.05) is 0 Å². The SMILES string of the molecule is O=C(O)C(=O)O.[Ca+2].[H-].[H-].[H-].[Na+]. The van der Waals surface area contributed by atoms with Gasteiger partial charge in [-0.2, -0.15) is 0 Å². The van der Waals surface area contributed by atoms with Crippen LogP contribution in [0.5, 0.6) is 0 Å². The fourth-order valence-corrected chi connectivity index (χ4v) is 0. The van der Waals surface area contributed by atoms with Crippen LogP contribution in [0.1, 0.15) is 4.28 Å². The summed E-state index contributed by atoms with van der Waals surface area (Å²) in [6.07, 6.45) is 0. The van der Waals surface area contributed by atoms with Gasteiger partial charge in [0.25, 0.3) is 0 Å². The van der Waals surface area contributed by atoms with Gasteiger partial charge in [0.05, 0.1) is 0 Å². The van der Waals surface area contributed by atoms with Gasteiger partial charge in [-0.05, 0) is 0 Å². The predicted molar refractivity (Wildman–Crippen MR) is 24.4 cm³/mol. The molecule has 0 rings (SSSR count). The molecule has 0 aliphatic heterocycles. The third kappa shape index (κ3) is 10.2. The quantitative estimate of drug-likeness (QED) is 0.278. The summed E-state index contributed by atoms with van der Waals surface area (Å²) < 4.78 is 0. The largest absolute Gasteiger partial charge is 2.00 e. The van der Waals surface area contributed by atoms with Crippen molar-refractivity contribution in [2.75, 3.05) is 0 Å². The topological polar surface area (TPSA) is 74.6 Å². The van der Waals surface area contributed by atoms with E-state index in [-0.39, 0.29) is 71.6 Å². The molecule has 0 aliphatic carbocycles. The molecule has 0 spiro atoms. The molecule has 0 unspecified atom stereocenters. The van der Waals surface area contributed by atoms with Crippen LogP contribution in [0.4, 0.5) is 0 Å². The van der Waals surface area contributed by atoms with Gasteiger partial charge < -0.3 is 14.5 Å². The monoisotopic (exact) mass is 156 g/mol. The molecule has 0 aliphatic rings. The van der Waals surface area contributed by atoms with Crippen molar-refractivity contribution in [1.29, 1.82) is 0 Å². The Labute approximate surface area is 102 Å². The van der Waals surface area contributed by atoms with E-state index in [4.69, 9.17) is 19.8 Å². The second-order valence-corrected chi connectivity index (χ2v) is 0.610. The predicted octanol–water partition coefficient (Wildman–Crippen LogP) is -3.88. The smallest absolute Gasteiger partial charge is 1.00 e. The van der Waals surface area contributed by atoms with Crippen LogP contribution in [0.3, 0.4) is 0 Å². The van der Waals surface area contributed by atoms with Crippen molar-refractivity contribution in [1.82, 2.24) is 0 Å². The summed E-state index contributed by atoms with van der Waals surface area (Å²) in [7, 11) is 0. The van der Waals surface area contributed by atoms with Gasteiger partial charge in [-0.15, -0.1) is 0 Å². The van der Waals surface area contributed by atoms with E-state index in [1.165, 1.54) is 0 Å². The number of carboxylic acid groups (broad SMARTS) is 2. The van der Waals surface area contributed by atoms with Gasteiger partial charge in [-0.1, -0.05) is 0 Å². The maximum absolute atomic E-state index is 9.10. The molecule has 0 bridgehead atoms. The van der Waals surface area contributed by atoms with Crippen LogP contribution in [0, 0.1) is 0 Å². The Bertz CT molecular complexity index is 89.3. The maximum atomic E-state index is 9.10. The number of carboxylic acids is 2. The summed E-state index contributed by atoms with van der Waals surface area (Å²) in [6, 6.07) is 0. The number of hydrogen-bond acceptors (Lipinski definition) is 2. The molecule has 0 radical (unpaired) electrons. The van der Waals surface area contributed by atoms with Gasteiger partial charge in [0.2, 0.25) is 0 Å². The molecule has 2 N–H and O–H groups in total. The van der Waals surface area contributed by atoms with Crippen molar-refractivity contribution in [2.45, 2.75) is 0 Å². The van der Waals surface area contributed by atoms with Crippen molar-refractivity contribution >= 4 is 49.7 Å². The van der Waals surface area contributed by atoms with E-state index in [2.05, 4.69) is 0 Å². The molecule has 0 heterocycles. The summed E-state index contributed by atoms with van der Waals surface area (Å²) in [5.41, 5.74) is 0. The van der Waals surface area contributed by atoms with Gasteiger partial charge >= 0.3 is 79.2 Å². The summed E-state index contributed by atoms with van der Waals surface area (Å²) in [6.45, 7) is 0. The first-order valence-corrected chi connectivity index (χ1v) is 1.11. The first-order chi connectivity index (χ1) is 2.64. The third-order valence-corrected chi connectivity index (χ3v) is 0.183. The molecule has 0 aromatic heterocycles. The average molecular weight is 156 g/mol. The van der Waals surface area contributed by atoms with Gasteiger partial charge in [0.15, 0.2) is 0 Å². The van der Waals surface area contributed by atoms with Crippen LogP contribution < -0.4 is 29.6 Å². The Balaban J connectivity index is -0.0000000125. The second-order valence-electron chi connectivity index (χ2n) is 0.610. The molecule has 0 saturated heterocycles. The Kier molecular flexibility index (Phi) is 16.5. The molecule has 0 saturated carbocycles. The fourth-order valence-electron chi connectivity index (χ4n) is 0. The van der Waals surface area contributed by atoms with Crippen LogP contribution in [-0.4, -0.2) is 59.9 Å². The van der Waals surface area contributed by atoms with Crippen molar-refractivity contribution in [3.05, 3.63) is 0 Å². The molecule has 40 valence electrons. The van der Waals surface area contributed by atoms with E-state index in [9.17, 15) is 0 Å². The van der Waals surface area contributed by atoms with Gasteiger partial charge in [0.1, 0.15) is 0 Å². The zero-order valence-electron chi connectivity index (χ0n) is 7.42. The minimum atomic E-state index is -1.82. The average Bonchev–Trinajstić information content (AvgIpc) is 1.36. The summed E-state index contributed by atoms with van der Waals surface area (Å²) >= 11 is 0. The van der Waals surface area contributed by atoms with Crippen LogP contribution >= 0.6 is 0 Å². The molecule has 0 aromatic rings. The summed E-state index contributed by atoms with van der Waals surface area (Å²) in [4.78, 5) is 18.2. The van der Waals surface area contributed by atoms with Crippen LogP contribution in [0.15, 0.2) is 0 Å². The number of carbonyl (C=O) groups is 2. The van der Waals surface area contributed by atoms with Crippen molar-refractivity contribution in [3.8, 4) is 0 Å². The molecular formula is C2H5CaNaO4. The number of hydrogen-bond donors (Lipinski definition) is 2. The minimum absolute atomic E-state index is 0. The normalized spacial score (nSPS) is 5.50. The maximum Gasteiger partial charge on any atom is 2.00 e. The standard InChI is InChI=1S/C2H2O4.Ca.Na.3H/c3-1(4)2(5)6;;;;;/h(H,3,4)(H,5,6);;;;;/q;+2;+1;3*-1. The Morgan fingerprint density at radius 2 is 1.25 bits per heavy atom. The molecule has 4 nitrogen and oxygen atoms in total. The summed E-state index contributed by atoms with van der Waals surface area (Å²) in [5, 5.41) is 14.8. The molecular weight excluding hydrogens is 151 g/mol. The number of rotatable bonds is 0. The van der Waals surface area contributed by atoms with E-state index < -0.39 is 11.9 Å². The van der Waals surface area contributed by atoms with Gasteiger partial charge in [-0.25, -0.2) is 9.59 Å². The molecule has 0 atom stereocenters. The first-order valence-electron chi connectivity index (χ1n) is 1.11. The van der Waals surface area contributed by atoms with E-state index in [1.54, 1.807) is 0 Å². The first kappa shape index (κ1) is 16.1. The molecule has 0 aromatic carbocycles. The van der Waals surface area contributed by atoms with Gasteiger partial charge in [-0.3, -0.25) is 0 Å². The Hall–Kier alpha value is 1.20. The van der Waals surface area contributed by atoms with Crippen molar-refractivity contribution in [3.63, 3.8) is 0 Å². The molecule has 6 heteroatoms. The second kappa shape index (κ2) is 8.20. The Morgan fingerprint density at radius 3 is 1.25 bits per heavy atom. The molecule has 0 fully saturated rings. The minimum Gasteiger partial charge on any atom is -1.00 e. The van der Waals surface area contributed by atoms with E-state index >= 15 is 0 Å². The van der Waals surface area contributed by atoms with Crippen LogP contribution in [0.2, 0.25) is 0 Å². The van der Waals surface area contributed by atoms with Crippen LogP contribution in [-0.2, 0) is 9.59 Å². The van der Waals surface area contributed by atoms with E-state index in [0.29, 0.717) is 0 Å². The van der Waals surface area contributed by atoms with Crippen LogP contribution in [0.25, 0.3) is 0 Å². The van der Waals surface area contributed by atoms with E-state index in [0.717, 1.165) is 0 Å². The summed E-state index contributed by atoms with van der Waals surface area (Å²) in [5.74, 6) is -3.65. The zero-order valence-corrected chi connectivity index (χ0v) is 8.63. The third-order valence-electron chi connectivity index (χ3n) is 0.183. The molecule has 8 heavy (non-hydrogen) atoms. The van der Waals surface area contributed by atoms with E-state index in [1.807, 2.05) is 0 Å². The molecule has 0 amide bonds. The number of aliphatic carboxylic acids is 2. The van der Waals surface area contributed by atoms with Crippen molar-refractivity contribution < 1.29 is 53.6 Å².